The molecule has 0 bridgehead atoms. The van der Waals surface area contributed by atoms with E-state index in [1.807, 2.05) is 25.3 Å². The van der Waals surface area contributed by atoms with Gasteiger partial charge in [0.25, 0.3) is 17.7 Å². The van der Waals surface area contributed by atoms with Crippen LogP contribution < -0.4 is 0 Å². The molecule has 0 spiro atoms. The number of fused-ring (bicyclic) bond motifs is 1. The van der Waals surface area contributed by atoms with Crippen molar-refractivity contribution in [3.05, 3.63) is 63.4 Å². The molecule has 2 fully saturated rings. The number of hydrogen-bond acceptors (Lipinski definition) is 9. The van der Waals surface area contributed by atoms with Crippen LogP contribution in [0.3, 0.4) is 0 Å². The van der Waals surface area contributed by atoms with Crippen LogP contribution >= 0.6 is 11.3 Å². The second-order valence-corrected chi connectivity index (χ2v) is 10.8. The van der Waals surface area contributed by atoms with E-state index >= 15 is 0 Å². The van der Waals surface area contributed by atoms with Gasteiger partial charge in [-0.25, -0.2) is 9.50 Å². The highest BCUT2D eigenvalue weighted by Crippen LogP contribution is 2.31. The predicted octanol–water partition coefficient (Wildman–Crippen LogP) is 2.41. The topological polar surface area (TPSA) is 130 Å². The summed E-state index contributed by atoms with van der Waals surface area (Å²) in [5.74, 6) is 0.0735. The van der Waals surface area contributed by atoms with Crippen molar-refractivity contribution in [1.29, 1.82) is 0 Å². The van der Waals surface area contributed by atoms with Gasteiger partial charge in [-0.1, -0.05) is 0 Å². The van der Waals surface area contributed by atoms with E-state index in [0.29, 0.717) is 67.8 Å². The Bertz CT molecular complexity index is 1530. The number of carbonyl (C=O) groups is 3. The summed E-state index contributed by atoms with van der Waals surface area (Å²) in [4.78, 5) is 48.7. The number of nitrogens with zero attached hydrogens (tertiary/aromatic N) is 8. The first-order chi connectivity index (χ1) is 18.9. The zero-order valence-electron chi connectivity index (χ0n) is 21.7. The second kappa shape index (κ2) is 10.2. The van der Waals surface area contributed by atoms with Gasteiger partial charge in [0.05, 0.1) is 22.7 Å². The molecule has 4 aromatic heterocycles. The standard InChI is InChI=1S/C26H28N8O4S/c1-16-14-21-28-29-22(17(2)34(21)30-16)26(37)31-7-5-18(6-8-31)23-27-19(15-39-23)24(35)32-9-11-33(12-10-32)25(36)20-4-3-13-38-20/h3-4,13-15,18H,5-12H2,1-2H3. The third kappa shape index (κ3) is 4.78. The fourth-order valence-corrected chi connectivity index (χ4v) is 6.12. The summed E-state index contributed by atoms with van der Waals surface area (Å²) >= 11 is 1.49. The van der Waals surface area contributed by atoms with Gasteiger partial charge >= 0.3 is 0 Å². The van der Waals surface area contributed by atoms with Gasteiger partial charge in [-0.2, -0.15) is 5.10 Å². The lowest BCUT2D eigenvalue weighted by Crippen LogP contribution is -2.50. The highest BCUT2D eigenvalue weighted by atomic mass is 32.1. The van der Waals surface area contributed by atoms with Crippen molar-refractivity contribution in [3.8, 4) is 0 Å². The van der Waals surface area contributed by atoms with E-state index in [1.54, 1.807) is 31.3 Å². The van der Waals surface area contributed by atoms with Crippen molar-refractivity contribution in [2.45, 2.75) is 32.6 Å². The minimum Gasteiger partial charge on any atom is -0.459 e. The van der Waals surface area contributed by atoms with Crippen LogP contribution in [0, 0.1) is 13.8 Å². The quantitative estimate of drug-likeness (QED) is 0.380. The van der Waals surface area contributed by atoms with Gasteiger partial charge in [0.2, 0.25) is 0 Å². The van der Waals surface area contributed by atoms with E-state index in [1.165, 1.54) is 17.6 Å². The smallest absolute Gasteiger partial charge is 0.289 e. The summed E-state index contributed by atoms with van der Waals surface area (Å²) in [5.41, 5.74) is 2.87. The normalized spacial score (nSPS) is 16.7. The van der Waals surface area contributed by atoms with Gasteiger partial charge in [-0.05, 0) is 38.8 Å². The number of aromatic nitrogens is 5. The number of amides is 3. The minimum absolute atomic E-state index is 0.117. The average Bonchev–Trinajstić information content (AvgIpc) is 3.74. The van der Waals surface area contributed by atoms with Crippen LogP contribution in [-0.4, -0.2) is 96.5 Å². The summed E-state index contributed by atoms with van der Waals surface area (Å²) < 4.78 is 6.86. The van der Waals surface area contributed by atoms with Crippen molar-refractivity contribution in [3.63, 3.8) is 0 Å². The van der Waals surface area contributed by atoms with Crippen molar-refractivity contribution < 1.29 is 18.8 Å². The van der Waals surface area contributed by atoms with E-state index in [4.69, 9.17) is 4.42 Å². The number of piperidine rings is 1. The van der Waals surface area contributed by atoms with Gasteiger partial charge < -0.3 is 19.1 Å². The number of thiazole rings is 1. The number of aryl methyl sites for hydroxylation is 2. The van der Waals surface area contributed by atoms with Gasteiger partial charge in [0.1, 0.15) is 5.69 Å². The van der Waals surface area contributed by atoms with Crippen molar-refractivity contribution >= 4 is 34.7 Å². The van der Waals surface area contributed by atoms with E-state index < -0.39 is 0 Å². The molecule has 3 amide bonds. The maximum Gasteiger partial charge on any atom is 0.289 e. The highest BCUT2D eigenvalue weighted by Gasteiger charge is 2.31. The molecule has 202 valence electrons. The summed E-state index contributed by atoms with van der Waals surface area (Å²) in [6, 6.07) is 5.16. The molecular weight excluding hydrogens is 520 g/mol. The molecule has 6 heterocycles. The third-order valence-electron chi connectivity index (χ3n) is 7.39. The molecule has 2 saturated heterocycles. The molecule has 13 heteroatoms. The van der Waals surface area contributed by atoms with Crippen molar-refractivity contribution in [1.82, 2.24) is 39.5 Å². The zero-order chi connectivity index (χ0) is 27.1. The van der Waals surface area contributed by atoms with Crippen LogP contribution in [0.5, 0.6) is 0 Å². The summed E-state index contributed by atoms with van der Waals surface area (Å²) in [6.07, 6.45) is 3.00. The van der Waals surface area contributed by atoms with Crippen molar-refractivity contribution in [2.75, 3.05) is 39.3 Å². The van der Waals surface area contributed by atoms with Gasteiger partial charge in [-0.15, -0.1) is 21.5 Å². The van der Waals surface area contributed by atoms with Gasteiger partial charge in [0.15, 0.2) is 17.1 Å². The number of likely N-dealkylation sites (tertiary alicyclic amines) is 1. The molecule has 0 N–H and O–H groups in total. The molecule has 0 saturated carbocycles. The first-order valence-corrected chi connectivity index (χ1v) is 13.8. The Hall–Kier alpha value is -4.13. The fourth-order valence-electron chi connectivity index (χ4n) is 5.16. The molecule has 6 rings (SSSR count). The van der Waals surface area contributed by atoms with E-state index in [9.17, 15) is 14.4 Å². The lowest BCUT2D eigenvalue weighted by molar-refractivity contribution is 0.0515. The second-order valence-electron chi connectivity index (χ2n) is 9.89. The average molecular weight is 549 g/mol. The molecule has 0 aliphatic carbocycles. The lowest BCUT2D eigenvalue weighted by atomic mass is 9.97. The van der Waals surface area contributed by atoms with E-state index in [-0.39, 0.29) is 23.6 Å². The summed E-state index contributed by atoms with van der Waals surface area (Å²) in [5, 5.41) is 15.5. The Labute approximate surface area is 228 Å². The highest BCUT2D eigenvalue weighted by molar-refractivity contribution is 7.09. The lowest BCUT2D eigenvalue weighted by Gasteiger charge is -2.34. The van der Waals surface area contributed by atoms with Crippen LogP contribution in [0.15, 0.2) is 34.3 Å². The predicted molar refractivity (Wildman–Crippen MR) is 141 cm³/mol. The molecule has 2 aliphatic rings. The zero-order valence-corrected chi connectivity index (χ0v) is 22.6. The molecule has 2 aliphatic heterocycles. The Morgan fingerprint density at radius 2 is 1.62 bits per heavy atom. The molecule has 12 nitrogen and oxygen atoms in total. The van der Waals surface area contributed by atoms with Crippen molar-refractivity contribution in [2.24, 2.45) is 0 Å². The molecule has 0 unspecified atom stereocenters. The minimum atomic E-state index is -0.160. The van der Waals surface area contributed by atoms with Crippen LogP contribution in [0.4, 0.5) is 0 Å². The number of carbonyl (C=O) groups excluding carboxylic acids is 3. The number of rotatable bonds is 4. The molecule has 0 aromatic carbocycles. The summed E-state index contributed by atoms with van der Waals surface area (Å²) in [7, 11) is 0. The summed E-state index contributed by atoms with van der Waals surface area (Å²) in [6.45, 7) is 6.67. The van der Waals surface area contributed by atoms with Crippen LogP contribution in [0.2, 0.25) is 0 Å². The van der Waals surface area contributed by atoms with Gasteiger partial charge in [0, 0.05) is 56.6 Å². The number of furan rings is 1. The monoisotopic (exact) mass is 548 g/mol. The maximum absolute atomic E-state index is 13.2. The van der Waals surface area contributed by atoms with Crippen LogP contribution in [0.25, 0.3) is 5.65 Å². The molecule has 0 radical (unpaired) electrons. The Morgan fingerprint density at radius 1 is 0.923 bits per heavy atom. The maximum atomic E-state index is 13.2. The van der Waals surface area contributed by atoms with Gasteiger partial charge in [-0.3, -0.25) is 14.4 Å². The molecule has 4 aromatic rings. The number of hydrogen-bond donors (Lipinski definition) is 0. The SMILES string of the molecule is Cc1cc2nnc(C(=O)N3CCC(c4nc(C(=O)N5CCN(C(=O)c6ccco6)CC5)cs4)CC3)c(C)n2n1. The largest absolute Gasteiger partial charge is 0.459 e. The first-order valence-electron chi connectivity index (χ1n) is 13.0. The third-order valence-corrected chi connectivity index (χ3v) is 8.39. The fraction of sp³-hybridized carbons (Fsp3) is 0.423. The first kappa shape index (κ1) is 25.2. The Kier molecular flexibility index (Phi) is 6.59. The molecule has 39 heavy (non-hydrogen) atoms. The van der Waals surface area contributed by atoms with Crippen LogP contribution in [-0.2, 0) is 0 Å². The molecule has 0 atom stereocenters. The molecular formula is C26H28N8O4S. The van der Waals surface area contributed by atoms with E-state index in [2.05, 4.69) is 20.3 Å². The van der Waals surface area contributed by atoms with Crippen LogP contribution in [0.1, 0.15) is 66.7 Å². The van der Waals surface area contributed by atoms with E-state index in [0.717, 1.165) is 23.5 Å². The Balaban J connectivity index is 1.04. The number of piperazine rings is 1. The Morgan fingerprint density at radius 3 is 2.31 bits per heavy atom.